The van der Waals surface area contributed by atoms with E-state index in [1.807, 2.05) is 0 Å². The molecule has 3 heteroatoms. The van der Waals surface area contributed by atoms with Crippen molar-refractivity contribution in [2.75, 3.05) is 9.80 Å². The van der Waals surface area contributed by atoms with E-state index in [0.717, 1.165) is 42.7 Å². The number of anilines is 6. The zero-order chi connectivity index (χ0) is 41.0. The van der Waals surface area contributed by atoms with Gasteiger partial charge in [0.25, 0.3) is 0 Å². The van der Waals surface area contributed by atoms with Gasteiger partial charge in [0.1, 0.15) is 0 Å². The topological polar surface area (TPSA) is 11.4 Å². The molecule has 0 bridgehead atoms. The van der Waals surface area contributed by atoms with Crippen molar-refractivity contribution in [3.63, 3.8) is 0 Å². The van der Waals surface area contributed by atoms with Crippen LogP contribution in [0.2, 0.25) is 0 Å². The van der Waals surface area contributed by atoms with Gasteiger partial charge in [0.15, 0.2) is 0 Å². The number of fused-ring (bicyclic) bond motifs is 7. The van der Waals surface area contributed by atoms with Gasteiger partial charge < -0.3 is 14.4 Å². The van der Waals surface area contributed by atoms with Crippen LogP contribution in [0.5, 0.6) is 0 Å². The summed E-state index contributed by atoms with van der Waals surface area (Å²) in [5, 5.41) is 2.47. The SMILES string of the molecule is c1ccc(-c2ccc3c(c2)c2cc(N(c4ccccc4)c4ccc5c(c4)[C@]4(CCc6ccc(N(c7ccccc7)c7ccccc7)cc64)CC5)ccc2n3-c2ccccc2)cc1. The molecule has 0 amide bonds. The lowest BCUT2D eigenvalue weighted by molar-refractivity contribution is 0.507. The highest BCUT2D eigenvalue weighted by atomic mass is 15.1. The zero-order valence-corrected chi connectivity index (χ0v) is 34.5. The summed E-state index contributed by atoms with van der Waals surface area (Å²) in [6.45, 7) is 0. The molecule has 0 saturated heterocycles. The highest BCUT2D eigenvalue weighted by Crippen LogP contribution is 2.55. The standard InChI is InChI=1S/C59H45N3/c1-6-16-42(17-7-1)45-28-32-57-53(38-45)54-39-50(31-33-58(54)62(57)49-24-14-5-15-25-49)61(48-22-12-4-13-23-48)52-30-27-44-35-37-59(56(44)41-52)36-34-43-26-29-51(40-55(43)59)60(46-18-8-2-9-19-46)47-20-10-3-11-21-47/h1-33,38-41H,34-37H2/t59-/m1/s1. The number of hydrogen-bond acceptors (Lipinski definition) is 2. The van der Waals surface area contributed by atoms with E-state index in [9.17, 15) is 0 Å². The van der Waals surface area contributed by atoms with E-state index < -0.39 is 0 Å². The molecule has 0 aliphatic heterocycles. The van der Waals surface area contributed by atoms with Gasteiger partial charge in [0, 0.05) is 56.0 Å². The Hall–Kier alpha value is -7.62. The zero-order valence-electron chi connectivity index (χ0n) is 34.5. The van der Waals surface area contributed by atoms with Crippen LogP contribution >= 0.6 is 0 Å². The van der Waals surface area contributed by atoms with Crippen LogP contribution in [0.15, 0.2) is 224 Å². The number of hydrogen-bond donors (Lipinski definition) is 0. The van der Waals surface area contributed by atoms with E-state index in [1.165, 1.54) is 77.9 Å². The average molecular weight is 796 g/mol. The van der Waals surface area contributed by atoms with Crippen molar-refractivity contribution >= 4 is 55.9 Å². The number of benzene rings is 9. The molecule has 0 radical (unpaired) electrons. The molecule has 296 valence electrons. The van der Waals surface area contributed by atoms with Crippen LogP contribution in [-0.4, -0.2) is 4.57 Å². The van der Waals surface area contributed by atoms with Crippen molar-refractivity contribution in [1.82, 2.24) is 4.57 Å². The molecular weight excluding hydrogens is 751 g/mol. The quantitative estimate of drug-likeness (QED) is 0.152. The first kappa shape index (κ1) is 36.2. The lowest BCUT2D eigenvalue weighted by Crippen LogP contribution is -2.22. The molecule has 62 heavy (non-hydrogen) atoms. The minimum absolute atomic E-state index is 0.0427. The molecular formula is C59H45N3. The molecule has 0 N–H and O–H groups in total. The van der Waals surface area contributed by atoms with E-state index in [2.05, 4.69) is 239 Å². The summed E-state index contributed by atoms with van der Waals surface area (Å²) < 4.78 is 2.41. The van der Waals surface area contributed by atoms with E-state index in [-0.39, 0.29) is 5.41 Å². The molecule has 0 unspecified atom stereocenters. The molecule has 10 aromatic rings. The Labute approximate surface area is 363 Å². The summed E-state index contributed by atoms with van der Waals surface area (Å²) in [5.74, 6) is 0. The molecule has 2 aliphatic carbocycles. The fraction of sp³-hybridized carbons (Fsp3) is 0.0847. The van der Waals surface area contributed by atoms with Gasteiger partial charge in [-0.25, -0.2) is 0 Å². The first-order valence-electron chi connectivity index (χ1n) is 21.9. The van der Waals surface area contributed by atoms with E-state index in [0.29, 0.717) is 0 Å². The molecule has 9 aromatic carbocycles. The summed E-state index contributed by atoms with van der Waals surface area (Å²) in [6, 6.07) is 82.5. The Bertz CT molecular complexity index is 3190. The van der Waals surface area contributed by atoms with E-state index in [4.69, 9.17) is 0 Å². The number of nitrogens with zero attached hydrogens (tertiary/aromatic N) is 3. The molecule has 0 fully saturated rings. The second kappa shape index (κ2) is 14.8. The first-order chi connectivity index (χ1) is 30.7. The van der Waals surface area contributed by atoms with Crippen LogP contribution in [0.3, 0.4) is 0 Å². The molecule has 3 nitrogen and oxygen atoms in total. The monoisotopic (exact) mass is 795 g/mol. The van der Waals surface area contributed by atoms with E-state index >= 15 is 0 Å². The van der Waals surface area contributed by atoms with E-state index in [1.54, 1.807) is 0 Å². The minimum Gasteiger partial charge on any atom is -0.310 e. The third kappa shape index (κ3) is 5.96. The van der Waals surface area contributed by atoms with Gasteiger partial charge in [-0.15, -0.1) is 0 Å². The van der Waals surface area contributed by atoms with Crippen molar-refractivity contribution in [2.24, 2.45) is 0 Å². The van der Waals surface area contributed by atoms with Gasteiger partial charge in [-0.1, -0.05) is 121 Å². The Morgan fingerprint density at radius 2 is 0.758 bits per heavy atom. The Kier molecular flexibility index (Phi) is 8.67. The second-order valence-electron chi connectivity index (χ2n) is 16.9. The normalized spacial score (nSPS) is 15.2. The Morgan fingerprint density at radius 1 is 0.339 bits per heavy atom. The minimum atomic E-state index is -0.0427. The highest BCUT2D eigenvalue weighted by molar-refractivity contribution is 6.12. The van der Waals surface area contributed by atoms with Crippen LogP contribution in [0.25, 0.3) is 38.6 Å². The molecule has 0 saturated carbocycles. The third-order valence-corrected chi connectivity index (χ3v) is 13.5. The first-order valence-corrected chi connectivity index (χ1v) is 21.9. The second-order valence-corrected chi connectivity index (χ2v) is 16.9. The summed E-state index contributed by atoms with van der Waals surface area (Å²) in [7, 11) is 0. The molecule has 1 spiro atoms. The molecule has 1 heterocycles. The van der Waals surface area contributed by atoms with Crippen molar-refractivity contribution < 1.29 is 0 Å². The van der Waals surface area contributed by atoms with Crippen LogP contribution in [0, 0.1) is 0 Å². The summed E-state index contributed by atoms with van der Waals surface area (Å²) >= 11 is 0. The predicted octanol–water partition coefficient (Wildman–Crippen LogP) is 15.6. The maximum atomic E-state index is 2.54. The van der Waals surface area contributed by atoms with Crippen molar-refractivity contribution in [3.8, 4) is 16.8 Å². The van der Waals surface area contributed by atoms with Crippen LogP contribution in [0.4, 0.5) is 34.1 Å². The Balaban J connectivity index is 1.01. The average Bonchev–Trinajstić information content (AvgIpc) is 4.01. The molecule has 12 rings (SSSR count). The van der Waals surface area contributed by atoms with Gasteiger partial charge in [0.05, 0.1) is 11.0 Å². The van der Waals surface area contributed by atoms with Gasteiger partial charge in [-0.05, 0) is 162 Å². The fourth-order valence-electron chi connectivity index (χ4n) is 10.7. The summed E-state index contributed by atoms with van der Waals surface area (Å²) in [6.07, 6.45) is 4.42. The molecule has 1 atom stereocenters. The lowest BCUT2D eigenvalue weighted by atomic mass is 9.76. The van der Waals surface area contributed by atoms with Gasteiger partial charge in [-0.3, -0.25) is 0 Å². The largest absolute Gasteiger partial charge is 0.310 e. The van der Waals surface area contributed by atoms with Crippen LogP contribution < -0.4 is 9.80 Å². The van der Waals surface area contributed by atoms with Gasteiger partial charge in [-0.2, -0.15) is 0 Å². The number of para-hydroxylation sites is 4. The van der Waals surface area contributed by atoms with Crippen molar-refractivity contribution in [3.05, 3.63) is 247 Å². The molecule has 1 aromatic heterocycles. The summed E-state index contributed by atoms with van der Waals surface area (Å²) in [5.41, 5.74) is 18.9. The number of rotatable bonds is 8. The van der Waals surface area contributed by atoms with Crippen LogP contribution in [-0.2, 0) is 18.3 Å². The number of aryl methyl sites for hydroxylation is 2. The lowest BCUT2D eigenvalue weighted by Gasteiger charge is -2.31. The van der Waals surface area contributed by atoms with Crippen molar-refractivity contribution in [1.29, 1.82) is 0 Å². The highest BCUT2D eigenvalue weighted by Gasteiger charge is 2.45. The van der Waals surface area contributed by atoms with Gasteiger partial charge >= 0.3 is 0 Å². The van der Waals surface area contributed by atoms with Crippen molar-refractivity contribution in [2.45, 2.75) is 31.1 Å². The van der Waals surface area contributed by atoms with Gasteiger partial charge in [0.2, 0.25) is 0 Å². The predicted molar refractivity (Wildman–Crippen MR) is 259 cm³/mol. The maximum absolute atomic E-state index is 2.54. The smallest absolute Gasteiger partial charge is 0.0542 e. The van der Waals surface area contributed by atoms with Crippen LogP contribution in [0.1, 0.15) is 35.1 Å². The number of aromatic nitrogens is 1. The fourth-order valence-corrected chi connectivity index (χ4v) is 10.7. The maximum Gasteiger partial charge on any atom is 0.0542 e. The Morgan fingerprint density at radius 3 is 1.29 bits per heavy atom. The summed E-state index contributed by atoms with van der Waals surface area (Å²) in [4.78, 5) is 4.88. The molecule has 2 aliphatic rings. The third-order valence-electron chi connectivity index (χ3n) is 13.5.